The molecule has 1 radical (unpaired) electrons. The zero-order valence-corrected chi connectivity index (χ0v) is 17.6. The number of benzene rings is 4. The quantitative estimate of drug-likeness (QED) is 0.362. The van der Waals surface area contributed by atoms with Crippen LogP contribution in [0.4, 0.5) is 0 Å². The van der Waals surface area contributed by atoms with Crippen molar-refractivity contribution in [1.29, 1.82) is 0 Å². The van der Waals surface area contributed by atoms with E-state index in [4.69, 9.17) is 0 Å². The van der Waals surface area contributed by atoms with Crippen LogP contribution in [-0.4, -0.2) is 0 Å². The molecule has 0 bridgehead atoms. The molecule has 30 heavy (non-hydrogen) atoms. The van der Waals surface area contributed by atoms with Gasteiger partial charge in [-0.15, -0.1) is 0 Å². The summed E-state index contributed by atoms with van der Waals surface area (Å²) in [6, 6.07) is 33.2. The molecular weight excluding hydrogens is 360 g/mol. The van der Waals surface area contributed by atoms with E-state index in [1.54, 1.807) is 0 Å². The third-order valence-corrected chi connectivity index (χ3v) is 5.93. The van der Waals surface area contributed by atoms with Gasteiger partial charge in [-0.25, -0.2) is 0 Å². The Labute approximate surface area is 178 Å². The van der Waals surface area contributed by atoms with Gasteiger partial charge in [-0.05, 0) is 68.8 Å². The van der Waals surface area contributed by atoms with E-state index in [0.717, 1.165) is 6.42 Å². The summed E-state index contributed by atoms with van der Waals surface area (Å²) in [7, 11) is 0. The molecule has 0 atom stereocenters. The topological polar surface area (TPSA) is 0 Å². The van der Waals surface area contributed by atoms with Gasteiger partial charge in [0, 0.05) is 0 Å². The molecule has 0 aliphatic heterocycles. The monoisotopic (exact) mass is 385 g/mol. The molecule has 0 unspecified atom stereocenters. The molecule has 4 aromatic carbocycles. The SMILES string of the molecule is CCCc1ccc(C(c2ccc(C)cc2)=c2cccc3c2=[C]c2ccccc2-3)cc1. The smallest absolute Gasteiger partial charge is 0.000741 e. The van der Waals surface area contributed by atoms with E-state index in [-0.39, 0.29) is 0 Å². The van der Waals surface area contributed by atoms with E-state index in [1.807, 2.05) is 0 Å². The minimum Gasteiger partial charge on any atom is -0.0651 e. The van der Waals surface area contributed by atoms with Crippen LogP contribution < -0.4 is 10.4 Å². The normalized spacial score (nSPS) is 12.7. The van der Waals surface area contributed by atoms with E-state index in [1.165, 1.54) is 61.4 Å². The Bertz CT molecular complexity index is 1320. The average Bonchev–Trinajstić information content (AvgIpc) is 3.16. The number of rotatable bonds is 4. The summed E-state index contributed by atoms with van der Waals surface area (Å²) >= 11 is 0. The molecule has 0 fully saturated rings. The van der Waals surface area contributed by atoms with Crippen molar-refractivity contribution in [2.45, 2.75) is 26.7 Å². The van der Waals surface area contributed by atoms with E-state index in [9.17, 15) is 0 Å². The van der Waals surface area contributed by atoms with Crippen LogP contribution in [0.3, 0.4) is 0 Å². The first-order valence-electron chi connectivity index (χ1n) is 10.8. The zero-order chi connectivity index (χ0) is 20.5. The summed E-state index contributed by atoms with van der Waals surface area (Å²) in [5, 5.41) is 2.45. The van der Waals surface area contributed by atoms with Crippen molar-refractivity contribution in [3.8, 4) is 11.1 Å². The van der Waals surface area contributed by atoms with Gasteiger partial charge in [0.1, 0.15) is 0 Å². The van der Waals surface area contributed by atoms with Crippen LogP contribution in [0.5, 0.6) is 0 Å². The van der Waals surface area contributed by atoms with Crippen LogP contribution in [-0.2, 0) is 6.42 Å². The summed E-state index contributed by atoms with van der Waals surface area (Å²) in [6.07, 6.45) is 5.98. The Morgan fingerprint density at radius 3 is 2.10 bits per heavy atom. The Hall–Kier alpha value is -3.38. The van der Waals surface area contributed by atoms with Crippen molar-refractivity contribution < 1.29 is 0 Å². The number of fused-ring (bicyclic) bond motifs is 3. The van der Waals surface area contributed by atoms with E-state index < -0.39 is 0 Å². The summed E-state index contributed by atoms with van der Waals surface area (Å²) in [6.45, 7) is 4.37. The largest absolute Gasteiger partial charge is 0.0651 e. The molecule has 0 saturated heterocycles. The number of hydrogen-bond donors (Lipinski definition) is 0. The molecule has 0 saturated carbocycles. The minimum atomic E-state index is 1.12. The van der Waals surface area contributed by atoms with Crippen LogP contribution in [0, 0.1) is 6.92 Å². The van der Waals surface area contributed by atoms with Gasteiger partial charge in [0.15, 0.2) is 0 Å². The Kier molecular flexibility index (Phi) is 4.85. The molecule has 1 aliphatic rings. The molecule has 0 heterocycles. The highest BCUT2D eigenvalue weighted by Crippen LogP contribution is 2.26. The fourth-order valence-electron chi connectivity index (χ4n) is 4.41. The van der Waals surface area contributed by atoms with E-state index in [0.29, 0.717) is 0 Å². The van der Waals surface area contributed by atoms with Gasteiger partial charge >= 0.3 is 0 Å². The van der Waals surface area contributed by atoms with Crippen molar-refractivity contribution >= 4 is 11.6 Å². The Morgan fingerprint density at radius 1 is 0.700 bits per heavy atom. The minimum absolute atomic E-state index is 1.12. The lowest BCUT2D eigenvalue weighted by molar-refractivity contribution is 0.922. The van der Waals surface area contributed by atoms with Gasteiger partial charge in [0.05, 0.1) is 0 Å². The van der Waals surface area contributed by atoms with Crippen LogP contribution in [0.1, 0.15) is 41.2 Å². The molecule has 0 aromatic heterocycles. The van der Waals surface area contributed by atoms with Gasteiger partial charge in [0.25, 0.3) is 0 Å². The highest BCUT2D eigenvalue weighted by atomic mass is 14.2. The first-order chi connectivity index (χ1) is 14.7. The van der Waals surface area contributed by atoms with Gasteiger partial charge in [0.2, 0.25) is 0 Å². The maximum Gasteiger partial charge on any atom is -0.000741 e. The summed E-state index contributed by atoms with van der Waals surface area (Å²) < 4.78 is 0. The standard InChI is InChI=1S/C30H25/c1-3-7-22-14-18-24(19-15-22)30(23-16-12-21(2)13-17-23)28-11-6-10-27-26-9-5-4-8-25(26)20-29(27)28/h4-6,8-19H,3,7H2,1-2H3. The second-order valence-corrected chi connectivity index (χ2v) is 8.09. The second-order valence-electron chi connectivity index (χ2n) is 8.09. The molecule has 5 rings (SSSR count). The molecule has 0 heteroatoms. The molecule has 145 valence electrons. The highest BCUT2D eigenvalue weighted by Gasteiger charge is 2.15. The lowest BCUT2D eigenvalue weighted by Crippen LogP contribution is -2.28. The second kappa shape index (κ2) is 7.80. The molecule has 0 N–H and O–H groups in total. The van der Waals surface area contributed by atoms with E-state index in [2.05, 4.69) is 111 Å². The number of aryl methyl sites for hydroxylation is 2. The molecule has 1 aliphatic carbocycles. The van der Waals surface area contributed by atoms with Crippen molar-refractivity contribution in [1.82, 2.24) is 0 Å². The van der Waals surface area contributed by atoms with Crippen LogP contribution in [0.2, 0.25) is 0 Å². The Morgan fingerprint density at radius 2 is 1.37 bits per heavy atom. The third kappa shape index (κ3) is 3.29. The lowest BCUT2D eigenvalue weighted by Gasteiger charge is -2.12. The van der Waals surface area contributed by atoms with Crippen LogP contribution >= 0.6 is 0 Å². The lowest BCUT2D eigenvalue weighted by atomic mass is 9.92. The fraction of sp³-hybridized carbons (Fsp3) is 0.133. The molecule has 4 aromatic rings. The van der Waals surface area contributed by atoms with Gasteiger partial charge < -0.3 is 0 Å². The first kappa shape index (κ1) is 18.6. The van der Waals surface area contributed by atoms with Gasteiger partial charge in [-0.1, -0.05) is 110 Å². The molecule has 0 nitrogen and oxygen atoms in total. The van der Waals surface area contributed by atoms with Crippen LogP contribution in [0.15, 0.2) is 91.0 Å². The van der Waals surface area contributed by atoms with Crippen molar-refractivity contribution in [2.24, 2.45) is 0 Å². The van der Waals surface area contributed by atoms with Gasteiger partial charge in [-0.3, -0.25) is 0 Å². The van der Waals surface area contributed by atoms with Crippen molar-refractivity contribution in [3.63, 3.8) is 0 Å². The van der Waals surface area contributed by atoms with Crippen molar-refractivity contribution in [2.75, 3.05) is 0 Å². The third-order valence-electron chi connectivity index (χ3n) is 5.93. The molecule has 0 amide bonds. The summed E-state index contributed by atoms with van der Waals surface area (Å²) in [4.78, 5) is 0. The summed E-state index contributed by atoms with van der Waals surface area (Å²) in [5.74, 6) is 0. The average molecular weight is 386 g/mol. The Balaban J connectivity index is 1.82. The molecular formula is C30H25. The van der Waals surface area contributed by atoms with Crippen LogP contribution in [0.25, 0.3) is 22.8 Å². The number of hydrogen-bond acceptors (Lipinski definition) is 0. The predicted octanol–water partition coefficient (Wildman–Crippen LogP) is 5.88. The predicted molar refractivity (Wildman–Crippen MR) is 127 cm³/mol. The van der Waals surface area contributed by atoms with Gasteiger partial charge in [-0.2, -0.15) is 0 Å². The van der Waals surface area contributed by atoms with Crippen molar-refractivity contribution in [3.05, 3.63) is 129 Å². The van der Waals surface area contributed by atoms with E-state index >= 15 is 0 Å². The highest BCUT2D eigenvalue weighted by molar-refractivity contribution is 5.86. The zero-order valence-electron chi connectivity index (χ0n) is 17.6. The molecule has 0 spiro atoms. The maximum atomic E-state index is 3.69. The fourth-order valence-corrected chi connectivity index (χ4v) is 4.41. The first-order valence-corrected chi connectivity index (χ1v) is 10.8. The summed E-state index contributed by atoms with van der Waals surface area (Å²) in [5.41, 5.74) is 10.2. The maximum absolute atomic E-state index is 3.69.